The van der Waals surface area contributed by atoms with Crippen molar-refractivity contribution in [3.63, 3.8) is 0 Å². The molecule has 156 valence electrons. The Morgan fingerprint density at radius 3 is 2.17 bits per heavy atom. The van der Waals surface area contributed by atoms with Crippen molar-refractivity contribution in [1.82, 2.24) is 9.80 Å². The molecule has 1 aliphatic heterocycles. The van der Waals surface area contributed by atoms with Crippen molar-refractivity contribution < 1.29 is 4.79 Å². The summed E-state index contributed by atoms with van der Waals surface area (Å²) in [4.78, 5) is 19.7. The van der Waals surface area contributed by atoms with E-state index in [1.807, 2.05) is 24.3 Å². The molecule has 2 aromatic carbocycles. The lowest BCUT2D eigenvalue weighted by molar-refractivity contribution is 0.102. The van der Waals surface area contributed by atoms with Gasteiger partial charge in [0.25, 0.3) is 5.91 Å². The molecule has 0 aromatic heterocycles. The van der Waals surface area contributed by atoms with E-state index in [9.17, 15) is 4.79 Å². The maximum Gasteiger partial charge on any atom is 0.255 e. The van der Waals surface area contributed by atoms with E-state index in [0.29, 0.717) is 11.6 Å². The van der Waals surface area contributed by atoms with Gasteiger partial charge in [0.2, 0.25) is 0 Å². The van der Waals surface area contributed by atoms with Crippen molar-refractivity contribution in [1.29, 1.82) is 0 Å². The lowest BCUT2D eigenvalue weighted by atomic mass is 10.1. The molecule has 0 atom stereocenters. The van der Waals surface area contributed by atoms with Gasteiger partial charge in [-0.3, -0.25) is 9.69 Å². The second-order valence-electron chi connectivity index (χ2n) is 8.15. The van der Waals surface area contributed by atoms with Gasteiger partial charge in [0.1, 0.15) is 0 Å². The Hall–Kier alpha value is -2.37. The molecule has 3 rings (SSSR count). The van der Waals surface area contributed by atoms with Crippen LogP contribution in [0.1, 0.15) is 36.7 Å². The van der Waals surface area contributed by atoms with Crippen molar-refractivity contribution in [3.05, 3.63) is 59.7 Å². The van der Waals surface area contributed by atoms with Crippen LogP contribution in [0.25, 0.3) is 0 Å². The number of anilines is 2. The smallest absolute Gasteiger partial charge is 0.255 e. The molecule has 0 bridgehead atoms. The van der Waals surface area contributed by atoms with Crippen LogP contribution < -0.4 is 10.2 Å². The molecule has 0 spiro atoms. The van der Waals surface area contributed by atoms with E-state index in [1.165, 1.54) is 11.3 Å². The minimum Gasteiger partial charge on any atom is -0.369 e. The summed E-state index contributed by atoms with van der Waals surface area (Å²) in [5.74, 6) is -0.0693. The summed E-state index contributed by atoms with van der Waals surface area (Å²) in [7, 11) is 2.16. The fraction of sp³-hybridized carbons (Fsp3) is 0.458. The van der Waals surface area contributed by atoms with Gasteiger partial charge in [0.15, 0.2) is 0 Å². The first kappa shape index (κ1) is 21.3. The Morgan fingerprint density at radius 2 is 1.62 bits per heavy atom. The number of hydrogen-bond donors (Lipinski definition) is 1. The van der Waals surface area contributed by atoms with E-state index in [0.717, 1.165) is 45.0 Å². The number of nitrogens with one attached hydrogen (secondary N) is 1. The molecule has 1 fully saturated rings. The van der Waals surface area contributed by atoms with Crippen LogP contribution in [0.2, 0.25) is 0 Å². The quantitative estimate of drug-likeness (QED) is 0.773. The van der Waals surface area contributed by atoms with E-state index < -0.39 is 0 Å². The Balaban J connectivity index is 1.57. The predicted molar refractivity (Wildman–Crippen MR) is 122 cm³/mol. The summed E-state index contributed by atoms with van der Waals surface area (Å²) < 4.78 is 0. The number of carbonyl (C=O) groups is 1. The number of nitrogens with zero attached hydrogens (tertiary/aromatic N) is 3. The topological polar surface area (TPSA) is 38.8 Å². The molecule has 0 aliphatic carbocycles. The highest BCUT2D eigenvalue weighted by Gasteiger charge is 2.14. The lowest BCUT2D eigenvalue weighted by Gasteiger charge is -2.34. The monoisotopic (exact) mass is 394 g/mol. The van der Waals surface area contributed by atoms with Crippen molar-refractivity contribution in [2.24, 2.45) is 0 Å². The average Bonchev–Trinajstić information content (AvgIpc) is 2.73. The van der Waals surface area contributed by atoms with E-state index >= 15 is 0 Å². The Morgan fingerprint density at radius 1 is 1.00 bits per heavy atom. The van der Waals surface area contributed by atoms with Crippen LogP contribution in [0.15, 0.2) is 48.5 Å². The van der Waals surface area contributed by atoms with Gasteiger partial charge in [-0.15, -0.1) is 0 Å². The van der Waals surface area contributed by atoms with Gasteiger partial charge in [-0.1, -0.05) is 19.1 Å². The molecule has 0 radical (unpaired) electrons. The molecule has 1 amide bonds. The third kappa shape index (κ3) is 5.81. The normalized spacial score (nSPS) is 15.2. The van der Waals surface area contributed by atoms with Crippen LogP contribution in [0.4, 0.5) is 11.4 Å². The van der Waals surface area contributed by atoms with Gasteiger partial charge in [0, 0.05) is 55.7 Å². The summed E-state index contributed by atoms with van der Waals surface area (Å²) >= 11 is 0. The molecule has 0 saturated carbocycles. The van der Waals surface area contributed by atoms with E-state index in [-0.39, 0.29) is 5.91 Å². The fourth-order valence-electron chi connectivity index (χ4n) is 3.68. The highest BCUT2D eigenvalue weighted by Crippen LogP contribution is 2.20. The first-order chi connectivity index (χ1) is 14.0. The van der Waals surface area contributed by atoms with E-state index in [4.69, 9.17) is 0 Å². The van der Waals surface area contributed by atoms with E-state index in [2.05, 4.69) is 72.1 Å². The zero-order valence-corrected chi connectivity index (χ0v) is 18.2. The highest BCUT2D eigenvalue weighted by molar-refractivity contribution is 6.04. The SMILES string of the molecule is CCN(Cc1ccc(C(=O)Nc2ccc(N3CCN(C)CC3)cc2)cc1)C(C)C. The van der Waals surface area contributed by atoms with Gasteiger partial charge in [-0.05, 0) is 69.4 Å². The van der Waals surface area contributed by atoms with Gasteiger partial charge >= 0.3 is 0 Å². The molecular formula is C24H34N4O. The minimum atomic E-state index is -0.0693. The van der Waals surface area contributed by atoms with Crippen LogP contribution in [0.5, 0.6) is 0 Å². The Bertz CT molecular complexity index is 778. The average molecular weight is 395 g/mol. The molecule has 2 aromatic rings. The summed E-state index contributed by atoms with van der Waals surface area (Å²) in [6, 6.07) is 16.6. The summed E-state index contributed by atoms with van der Waals surface area (Å²) in [6.07, 6.45) is 0. The minimum absolute atomic E-state index is 0.0693. The first-order valence-electron chi connectivity index (χ1n) is 10.6. The van der Waals surface area contributed by atoms with Crippen LogP contribution in [0, 0.1) is 0 Å². The molecule has 5 heteroatoms. The molecule has 1 N–H and O–H groups in total. The maximum absolute atomic E-state index is 12.6. The van der Waals surface area contributed by atoms with Crippen LogP contribution >= 0.6 is 0 Å². The van der Waals surface area contributed by atoms with Crippen molar-refractivity contribution >= 4 is 17.3 Å². The summed E-state index contributed by atoms with van der Waals surface area (Å²) in [6.45, 7) is 12.8. The first-order valence-corrected chi connectivity index (χ1v) is 10.6. The molecule has 0 unspecified atom stereocenters. The molecule has 5 nitrogen and oxygen atoms in total. The Labute approximate surface area is 175 Å². The summed E-state index contributed by atoms with van der Waals surface area (Å²) in [5, 5.41) is 3.01. The third-order valence-corrected chi connectivity index (χ3v) is 5.73. The van der Waals surface area contributed by atoms with Crippen LogP contribution in [-0.2, 0) is 6.54 Å². The van der Waals surface area contributed by atoms with Crippen molar-refractivity contribution in [2.75, 3.05) is 50.0 Å². The molecular weight excluding hydrogens is 360 g/mol. The summed E-state index contributed by atoms with van der Waals surface area (Å²) in [5.41, 5.74) is 3.96. The molecule has 1 heterocycles. The number of amides is 1. The Kier molecular flexibility index (Phi) is 7.29. The largest absolute Gasteiger partial charge is 0.369 e. The van der Waals surface area contributed by atoms with Crippen LogP contribution in [-0.4, -0.2) is 61.5 Å². The maximum atomic E-state index is 12.6. The predicted octanol–water partition coefficient (Wildman–Crippen LogP) is 3.92. The number of benzene rings is 2. The molecule has 1 aliphatic rings. The van der Waals surface area contributed by atoms with E-state index in [1.54, 1.807) is 0 Å². The second-order valence-corrected chi connectivity index (χ2v) is 8.15. The van der Waals surface area contributed by atoms with Crippen molar-refractivity contribution in [2.45, 2.75) is 33.4 Å². The van der Waals surface area contributed by atoms with Crippen LogP contribution in [0.3, 0.4) is 0 Å². The number of piperazine rings is 1. The van der Waals surface area contributed by atoms with Crippen molar-refractivity contribution in [3.8, 4) is 0 Å². The van der Waals surface area contributed by atoms with Gasteiger partial charge in [-0.2, -0.15) is 0 Å². The third-order valence-electron chi connectivity index (χ3n) is 5.73. The van der Waals surface area contributed by atoms with Gasteiger partial charge in [-0.25, -0.2) is 0 Å². The number of carbonyl (C=O) groups excluding carboxylic acids is 1. The fourth-order valence-corrected chi connectivity index (χ4v) is 3.68. The second kappa shape index (κ2) is 9.90. The standard InChI is InChI=1S/C24H34N4O/c1-5-27(19(2)3)18-20-6-8-21(9-7-20)24(29)25-22-10-12-23(13-11-22)28-16-14-26(4)15-17-28/h6-13,19H,5,14-18H2,1-4H3,(H,25,29). The number of rotatable bonds is 7. The van der Waals surface area contributed by atoms with Gasteiger partial charge in [0.05, 0.1) is 0 Å². The lowest BCUT2D eigenvalue weighted by Crippen LogP contribution is -2.44. The highest BCUT2D eigenvalue weighted by atomic mass is 16.1. The molecule has 1 saturated heterocycles. The molecule has 29 heavy (non-hydrogen) atoms. The number of likely N-dealkylation sites (N-methyl/N-ethyl adjacent to an activating group) is 1. The zero-order valence-electron chi connectivity index (χ0n) is 18.2. The van der Waals surface area contributed by atoms with Gasteiger partial charge < -0.3 is 15.1 Å². The zero-order chi connectivity index (χ0) is 20.8. The number of hydrogen-bond acceptors (Lipinski definition) is 4.